The molecule has 0 saturated carbocycles. The molecule has 0 spiro atoms. The highest BCUT2D eigenvalue weighted by atomic mass is 19.4. The third kappa shape index (κ3) is 4.79. The second-order valence-electron chi connectivity index (χ2n) is 4.59. The van der Waals surface area contributed by atoms with Gasteiger partial charge in [-0.2, -0.15) is 18.4 Å². The Morgan fingerprint density at radius 2 is 1.95 bits per heavy atom. The van der Waals surface area contributed by atoms with E-state index in [0.717, 1.165) is 12.1 Å². The van der Waals surface area contributed by atoms with Crippen molar-refractivity contribution in [2.45, 2.75) is 12.2 Å². The summed E-state index contributed by atoms with van der Waals surface area (Å²) in [4.78, 5) is 1.86. The summed E-state index contributed by atoms with van der Waals surface area (Å²) in [5, 5.41) is 11.8. The summed E-state index contributed by atoms with van der Waals surface area (Å²) in [6.07, 6.45) is -4.64. The van der Waals surface area contributed by atoms with Crippen molar-refractivity contribution in [1.29, 1.82) is 5.26 Å². The molecule has 0 amide bonds. The molecule has 110 valence electrons. The van der Waals surface area contributed by atoms with Crippen LogP contribution in [0.2, 0.25) is 0 Å². The quantitative estimate of drug-likeness (QED) is 0.847. The maximum atomic E-state index is 13.3. The number of halogens is 4. The molecule has 0 aliphatic heterocycles. The van der Waals surface area contributed by atoms with E-state index in [0.29, 0.717) is 19.2 Å². The Hall–Kier alpha value is -1.65. The van der Waals surface area contributed by atoms with Gasteiger partial charge in [-0.15, -0.1) is 0 Å². The summed E-state index contributed by atoms with van der Waals surface area (Å²) in [7, 11) is 3.65. The van der Waals surface area contributed by atoms with Crippen molar-refractivity contribution in [3.05, 3.63) is 35.1 Å². The first-order chi connectivity index (χ1) is 9.24. The third-order valence-corrected chi connectivity index (χ3v) is 2.62. The van der Waals surface area contributed by atoms with E-state index in [4.69, 9.17) is 5.26 Å². The number of hydrogen-bond acceptors (Lipinski definition) is 3. The third-order valence-electron chi connectivity index (χ3n) is 2.62. The lowest BCUT2D eigenvalue weighted by Gasteiger charge is -2.16. The van der Waals surface area contributed by atoms with Crippen LogP contribution < -0.4 is 5.32 Å². The van der Waals surface area contributed by atoms with Gasteiger partial charge in [0.2, 0.25) is 0 Å². The number of likely N-dealkylation sites (N-methyl/N-ethyl adjacent to an activating group) is 1. The predicted molar refractivity (Wildman–Crippen MR) is 66.3 cm³/mol. The van der Waals surface area contributed by atoms with Crippen LogP contribution in [0.15, 0.2) is 18.2 Å². The summed E-state index contributed by atoms with van der Waals surface area (Å²) >= 11 is 0. The molecule has 3 nitrogen and oxygen atoms in total. The van der Waals surface area contributed by atoms with E-state index in [2.05, 4.69) is 5.32 Å². The molecule has 20 heavy (non-hydrogen) atoms. The first kappa shape index (κ1) is 16.4. The van der Waals surface area contributed by atoms with Gasteiger partial charge in [-0.3, -0.25) is 5.32 Å². The van der Waals surface area contributed by atoms with E-state index in [1.54, 1.807) is 0 Å². The molecule has 1 aromatic rings. The van der Waals surface area contributed by atoms with Gasteiger partial charge in [0.1, 0.15) is 11.9 Å². The summed E-state index contributed by atoms with van der Waals surface area (Å²) < 4.78 is 51.0. The van der Waals surface area contributed by atoms with Gasteiger partial charge in [0.05, 0.1) is 11.6 Å². The van der Waals surface area contributed by atoms with Gasteiger partial charge < -0.3 is 4.90 Å². The molecule has 0 bridgehead atoms. The second kappa shape index (κ2) is 6.68. The van der Waals surface area contributed by atoms with Crippen molar-refractivity contribution in [1.82, 2.24) is 10.2 Å². The fourth-order valence-electron chi connectivity index (χ4n) is 1.61. The smallest absolute Gasteiger partial charge is 0.308 e. The molecular formula is C13H15F4N3. The zero-order valence-electron chi connectivity index (χ0n) is 11.1. The molecule has 0 aromatic heterocycles. The van der Waals surface area contributed by atoms with Crippen LogP contribution in [0.5, 0.6) is 0 Å². The van der Waals surface area contributed by atoms with Crippen molar-refractivity contribution >= 4 is 0 Å². The highest BCUT2D eigenvalue weighted by Gasteiger charge is 2.32. The maximum absolute atomic E-state index is 13.3. The Labute approximate surface area is 114 Å². The van der Waals surface area contributed by atoms with E-state index in [-0.39, 0.29) is 5.56 Å². The predicted octanol–water partition coefficient (Wildman–Crippen LogP) is 2.56. The minimum absolute atomic E-state index is 0.0291. The molecule has 0 saturated heterocycles. The Bertz CT molecular complexity index is 491. The first-order valence-corrected chi connectivity index (χ1v) is 5.89. The fourth-order valence-corrected chi connectivity index (χ4v) is 1.61. The Morgan fingerprint density at radius 3 is 2.45 bits per heavy atom. The summed E-state index contributed by atoms with van der Waals surface area (Å²) in [5.74, 6) is -1.01. The highest BCUT2D eigenvalue weighted by Crippen LogP contribution is 2.31. The van der Waals surface area contributed by atoms with Crippen molar-refractivity contribution in [2.24, 2.45) is 0 Å². The Balaban J connectivity index is 2.93. The maximum Gasteiger partial charge on any atom is 0.416 e. The van der Waals surface area contributed by atoms with E-state index in [9.17, 15) is 17.6 Å². The normalized spacial score (nSPS) is 13.3. The molecule has 1 rings (SSSR count). The van der Waals surface area contributed by atoms with E-state index in [1.165, 1.54) is 0 Å². The van der Waals surface area contributed by atoms with Gasteiger partial charge in [0.15, 0.2) is 0 Å². The van der Waals surface area contributed by atoms with Crippen molar-refractivity contribution in [2.75, 3.05) is 27.2 Å². The molecule has 0 aliphatic carbocycles. The molecule has 7 heteroatoms. The van der Waals surface area contributed by atoms with Crippen LogP contribution in [0.1, 0.15) is 17.2 Å². The van der Waals surface area contributed by atoms with E-state index in [1.807, 2.05) is 25.1 Å². The molecule has 1 unspecified atom stereocenters. The van der Waals surface area contributed by atoms with Crippen LogP contribution in [0, 0.1) is 17.1 Å². The minimum atomic E-state index is -4.64. The first-order valence-electron chi connectivity index (χ1n) is 5.89. The summed E-state index contributed by atoms with van der Waals surface area (Å²) in [5.41, 5.74) is -1.12. The number of nitriles is 1. The summed E-state index contributed by atoms with van der Waals surface area (Å²) in [6.45, 7) is 1.02. The average molecular weight is 289 g/mol. The second-order valence-corrected chi connectivity index (χ2v) is 4.59. The van der Waals surface area contributed by atoms with Gasteiger partial charge in [0, 0.05) is 13.1 Å². The lowest BCUT2D eigenvalue weighted by atomic mass is 10.0. The number of benzene rings is 1. The van der Waals surface area contributed by atoms with Gasteiger partial charge in [-0.1, -0.05) is 0 Å². The largest absolute Gasteiger partial charge is 0.416 e. The zero-order chi connectivity index (χ0) is 15.3. The van der Waals surface area contributed by atoms with Crippen LogP contribution in [0.3, 0.4) is 0 Å². The molecule has 0 heterocycles. The standard InChI is InChI=1S/C13H15F4N3/c1-20(2)4-3-19-12(8-18)9-5-10(13(15,16)17)7-11(14)6-9/h5-7,12,19H,3-4H2,1-2H3. The molecule has 0 radical (unpaired) electrons. The van der Waals surface area contributed by atoms with Gasteiger partial charge in [-0.05, 0) is 37.9 Å². The molecule has 1 N–H and O–H groups in total. The average Bonchev–Trinajstić information content (AvgIpc) is 2.32. The molecule has 0 aliphatic rings. The van der Waals surface area contributed by atoms with Crippen LogP contribution in [-0.2, 0) is 6.18 Å². The fraction of sp³-hybridized carbons (Fsp3) is 0.462. The van der Waals surface area contributed by atoms with Crippen LogP contribution in [0.25, 0.3) is 0 Å². The SMILES string of the molecule is CN(C)CCNC(C#N)c1cc(F)cc(C(F)(F)F)c1. The monoisotopic (exact) mass is 289 g/mol. The molecule has 0 fully saturated rings. The summed E-state index contributed by atoms with van der Waals surface area (Å²) in [6, 6.07) is 3.00. The number of rotatable bonds is 5. The van der Waals surface area contributed by atoms with Gasteiger partial charge >= 0.3 is 6.18 Å². The number of nitrogens with zero attached hydrogens (tertiary/aromatic N) is 2. The molecule has 1 atom stereocenters. The number of hydrogen-bond donors (Lipinski definition) is 1. The topological polar surface area (TPSA) is 39.1 Å². The van der Waals surface area contributed by atoms with Crippen LogP contribution in [-0.4, -0.2) is 32.1 Å². The lowest BCUT2D eigenvalue weighted by Crippen LogP contribution is -2.29. The van der Waals surface area contributed by atoms with Gasteiger partial charge in [-0.25, -0.2) is 4.39 Å². The van der Waals surface area contributed by atoms with Crippen LogP contribution in [0.4, 0.5) is 17.6 Å². The lowest BCUT2D eigenvalue weighted by molar-refractivity contribution is -0.137. The van der Waals surface area contributed by atoms with E-state index >= 15 is 0 Å². The van der Waals surface area contributed by atoms with Gasteiger partial charge in [0.25, 0.3) is 0 Å². The van der Waals surface area contributed by atoms with E-state index < -0.39 is 23.6 Å². The van der Waals surface area contributed by atoms with Crippen molar-refractivity contribution < 1.29 is 17.6 Å². The Kier molecular flexibility index (Phi) is 5.48. The molecular weight excluding hydrogens is 274 g/mol. The Morgan fingerprint density at radius 1 is 1.30 bits per heavy atom. The molecule has 1 aromatic carbocycles. The minimum Gasteiger partial charge on any atom is -0.308 e. The highest BCUT2D eigenvalue weighted by molar-refractivity contribution is 5.31. The van der Waals surface area contributed by atoms with Crippen molar-refractivity contribution in [3.63, 3.8) is 0 Å². The van der Waals surface area contributed by atoms with Crippen molar-refractivity contribution in [3.8, 4) is 6.07 Å². The van der Waals surface area contributed by atoms with Crippen LogP contribution >= 0.6 is 0 Å². The number of alkyl halides is 3. The zero-order valence-corrected chi connectivity index (χ0v) is 11.1. The number of nitrogens with one attached hydrogen (secondary N) is 1.